The minimum atomic E-state index is -0.178. The second-order valence-electron chi connectivity index (χ2n) is 4.03. The molecule has 1 fully saturated rings. The molecule has 1 N–H and O–H groups in total. The molecular weight excluding hydrogens is 234 g/mol. The Balaban J connectivity index is 1.71. The Hall–Kier alpha value is -0.930. The highest BCUT2D eigenvalue weighted by Crippen LogP contribution is 2.15. The first kappa shape index (κ1) is 12.5. The van der Waals surface area contributed by atoms with Gasteiger partial charge in [-0.25, -0.2) is 0 Å². The number of nitrogens with one attached hydrogen (secondary N) is 1. The molecule has 1 unspecified atom stereocenters. The van der Waals surface area contributed by atoms with Crippen LogP contribution in [0.3, 0.4) is 0 Å². The molecule has 5 heteroatoms. The molecular formula is C12H17N3OS. The van der Waals surface area contributed by atoms with Crippen molar-refractivity contribution in [1.29, 1.82) is 5.26 Å². The van der Waals surface area contributed by atoms with Gasteiger partial charge >= 0.3 is 0 Å². The predicted molar refractivity (Wildman–Crippen MR) is 67.9 cm³/mol. The summed E-state index contributed by atoms with van der Waals surface area (Å²) >= 11 is 1.63. The first-order chi connectivity index (χ1) is 8.40. The summed E-state index contributed by atoms with van der Waals surface area (Å²) in [5.41, 5.74) is 1.07. The Morgan fingerprint density at radius 2 is 2.35 bits per heavy atom. The van der Waals surface area contributed by atoms with Crippen LogP contribution in [-0.2, 0) is 4.74 Å². The van der Waals surface area contributed by atoms with E-state index in [9.17, 15) is 0 Å². The highest BCUT2D eigenvalue weighted by atomic mass is 32.1. The average Bonchev–Trinajstić information content (AvgIpc) is 2.90. The van der Waals surface area contributed by atoms with Crippen LogP contribution in [0, 0.1) is 11.3 Å². The van der Waals surface area contributed by atoms with E-state index in [1.807, 2.05) is 16.8 Å². The van der Waals surface area contributed by atoms with Gasteiger partial charge in [-0.1, -0.05) is 0 Å². The average molecular weight is 251 g/mol. The van der Waals surface area contributed by atoms with Crippen molar-refractivity contribution in [2.45, 2.75) is 6.04 Å². The van der Waals surface area contributed by atoms with E-state index in [4.69, 9.17) is 10.00 Å². The molecule has 4 nitrogen and oxygen atoms in total. The van der Waals surface area contributed by atoms with Crippen LogP contribution < -0.4 is 5.32 Å². The van der Waals surface area contributed by atoms with Gasteiger partial charge in [0.25, 0.3) is 0 Å². The van der Waals surface area contributed by atoms with E-state index < -0.39 is 0 Å². The first-order valence-corrected chi connectivity index (χ1v) is 6.79. The third-order valence-electron chi connectivity index (χ3n) is 2.89. The zero-order valence-electron chi connectivity index (χ0n) is 9.76. The largest absolute Gasteiger partial charge is 0.379 e. The molecule has 2 rings (SSSR count). The summed E-state index contributed by atoms with van der Waals surface area (Å²) in [6.45, 7) is 5.47. The summed E-state index contributed by atoms with van der Waals surface area (Å²) in [5, 5.41) is 16.4. The number of rotatable bonds is 5. The van der Waals surface area contributed by atoms with Crippen LogP contribution >= 0.6 is 11.3 Å². The fourth-order valence-corrected chi connectivity index (χ4v) is 2.56. The molecule has 1 aromatic rings. The van der Waals surface area contributed by atoms with E-state index in [1.165, 1.54) is 0 Å². The fourth-order valence-electron chi connectivity index (χ4n) is 1.87. The van der Waals surface area contributed by atoms with Gasteiger partial charge in [-0.05, 0) is 22.4 Å². The van der Waals surface area contributed by atoms with Crippen molar-refractivity contribution in [2.24, 2.45) is 0 Å². The number of ether oxygens (including phenoxy) is 1. The Labute approximate surface area is 106 Å². The van der Waals surface area contributed by atoms with Gasteiger partial charge < -0.3 is 4.74 Å². The third-order valence-corrected chi connectivity index (χ3v) is 3.59. The van der Waals surface area contributed by atoms with Crippen molar-refractivity contribution in [3.05, 3.63) is 22.4 Å². The van der Waals surface area contributed by atoms with Gasteiger partial charge in [0.2, 0.25) is 0 Å². The Morgan fingerprint density at radius 1 is 1.53 bits per heavy atom. The SMILES string of the molecule is N#CC(NCCN1CCOCC1)c1ccsc1. The highest BCUT2D eigenvalue weighted by molar-refractivity contribution is 7.08. The second-order valence-corrected chi connectivity index (χ2v) is 4.81. The maximum absolute atomic E-state index is 9.09. The molecule has 1 saturated heterocycles. The van der Waals surface area contributed by atoms with E-state index in [1.54, 1.807) is 11.3 Å². The number of nitriles is 1. The number of nitrogens with zero attached hydrogens (tertiary/aromatic N) is 2. The number of hydrogen-bond donors (Lipinski definition) is 1. The van der Waals surface area contributed by atoms with E-state index in [0.29, 0.717) is 0 Å². The molecule has 0 aliphatic carbocycles. The van der Waals surface area contributed by atoms with Gasteiger partial charge in [0.05, 0.1) is 19.3 Å². The van der Waals surface area contributed by atoms with Crippen LogP contribution in [0.1, 0.15) is 11.6 Å². The van der Waals surface area contributed by atoms with Crippen molar-refractivity contribution >= 4 is 11.3 Å². The maximum Gasteiger partial charge on any atom is 0.122 e. The minimum absolute atomic E-state index is 0.178. The first-order valence-electron chi connectivity index (χ1n) is 5.85. The predicted octanol–water partition coefficient (Wildman–Crippen LogP) is 1.23. The van der Waals surface area contributed by atoms with Gasteiger partial charge in [-0.15, -0.1) is 0 Å². The molecule has 1 atom stereocenters. The van der Waals surface area contributed by atoms with Crippen LogP contribution in [-0.4, -0.2) is 44.3 Å². The molecule has 0 bridgehead atoms. The van der Waals surface area contributed by atoms with Crippen molar-refractivity contribution in [1.82, 2.24) is 10.2 Å². The summed E-state index contributed by atoms with van der Waals surface area (Å²) < 4.78 is 5.29. The van der Waals surface area contributed by atoms with Gasteiger partial charge in [0, 0.05) is 26.2 Å². The van der Waals surface area contributed by atoms with E-state index in [2.05, 4.69) is 16.3 Å². The molecule has 1 aromatic heterocycles. The Kier molecular flexibility index (Phi) is 4.95. The molecule has 17 heavy (non-hydrogen) atoms. The number of hydrogen-bond acceptors (Lipinski definition) is 5. The molecule has 0 radical (unpaired) electrons. The Morgan fingerprint density at radius 3 is 3.00 bits per heavy atom. The molecule has 92 valence electrons. The highest BCUT2D eigenvalue weighted by Gasteiger charge is 2.12. The molecule has 0 amide bonds. The van der Waals surface area contributed by atoms with Crippen molar-refractivity contribution in [2.75, 3.05) is 39.4 Å². The topological polar surface area (TPSA) is 48.3 Å². The van der Waals surface area contributed by atoms with Crippen LogP contribution in [0.2, 0.25) is 0 Å². The van der Waals surface area contributed by atoms with Crippen molar-refractivity contribution in [3.63, 3.8) is 0 Å². The van der Waals surface area contributed by atoms with E-state index >= 15 is 0 Å². The molecule has 1 aliphatic heterocycles. The molecule has 0 saturated carbocycles. The van der Waals surface area contributed by atoms with Crippen molar-refractivity contribution < 1.29 is 4.74 Å². The number of thiophene rings is 1. The molecule has 0 aromatic carbocycles. The summed E-state index contributed by atoms with van der Waals surface area (Å²) in [6, 6.07) is 4.12. The molecule has 2 heterocycles. The zero-order chi connectivity index (χ0) is 11.9. The zero-order valence-corrected chi connectivity index (χ0v) is 10.6. The Bertz CT molecular complexity index is 354. The molecule has 1 aliphatic rings. The summed E-state index contributed by atoms with van der Waals surface area (Å²) in [4.78, 5) is 2.36. The second kappa shape index (κ2) is 6.72. The van der Waals surface area contributed by atoms with Crippen LogP contribution in [0.5, 0.6) is 0 Å². The lowest BCUT2D eigenvalue weighted by Crippen LogP contribution is -2.40. The summed E-state index contributed by atoms with van der Waals surface area (Å²) in [7, 11) is 0. The molecule has 0 spiro atoms. The van der Waals surface area contributed by atoms with Crippen LogP contribution in [0.15, 0.2) is 16.8 Å². The monoisotopic (exact) mass is 251 g/mol. The maximum atomic E-state index is 9.09. The lowest BCUT2D eigenvalue weighted by Gasteiger charge is -2.26. The van der Waals surface area contributed by atoms with E-state index in [0.717, 1.165) is 45.0 Å². The van der Waals surface area contributed by atoms with Gasteiger partial charge in [-0.2, -0.15) is 16.6 Å². The summed E-state index contributed by atoms with van der Waals surface area (Å²) in [6.07, 6.45) is 0. The lowest BCUT2D eigenvalue weighted by molar-refractivity contribution is 0.0383. The van der Waals surface area contributed by atoms with E-state index in [-0.39, 0.29) is 6.04 Å². The van der Waals surface area contributed by atoms with Crippen molar-refractivity contribution in [3.8, 4) is 6.07 Å². The quantitative estimate of drug-likeness (QED) is 0.855. The van der Waals surface area contributed by atoms with Gasteiger partial charge in [0.1, 0.15) is 6.04 Å². The normalized spacial score (nSPS) is 18.8. The lowest BCUT2D eigenvalue weighted by atomic mass is 10.2. The van der Waals surface area contributed by atoms with Gasteiger partial charge in [-0.3, -0.25) is 10.2 Å². The smallest absolute Gasteiger partial charge is 0.122 e. The standard InChI is InChI=1S/C12H17N3OS/c13-9-12(11-1-8-17-10-11)14-2-3-15-4-6-16-7-5-15/h1,8,10,12,14H,2-7H2. The number of morpholine rings is 1. The fraction of sp³-hybridized carbons (Fsp3) is 0.583. The van der Waals surface area contributed by atoms with Crippen LogP contribution in [0.4, 0.5) is 0 Å². The van der Waals surface area contributed by atoms with Crippen LogP contribution in [0.25, 0.3) is 0 Å². The third kappa shape index (κ3) is 3.79. The summed E-state index contributed by atoms with van der Waals surface area (Å²) in [5.74, 6) is 0. The minimum Gasteiger partial charge on any atom is -0.379 e. The van der Waals surface area contributed by atoms with Gasteiger partial charge in [0.15, 0.2) is 0 Å².